The molecule has 30 heavy (non-hydrogen) atoms. The fraction of sp³-hybridized carbons (Fsp3) is 0.400. The molecule has 1 N–H and O–H groups in total. The Labute approximate surface area is 178 Å². The fourth-order valence-electron chi connectivity index (χ4n) is 3.38. The number of hydrogen-bond donors (Lipinski definition) is 1. The number of unbranched alkanes of at least 4 members (excludes halogenated alkanes) is 1. The largest absolute Gasteiger partial charge is 0.507 e. The molecular weight excluding hydrogens is 378 g/mol. The van der Waals surface area contributed by atoms with Crippen LogP contribution in [0.2, 0.25) is 0 Å². The molecule has 0 aromatic heterocycles. The SMILES string of the molecule is CCCCOc1cc(/C=C/C(=O)c2ccc(C)cc2O)ccc1CN1CCOCC1. The maximum absolute atomic E-state index is 12.5. The Bertz CT molecular complexity index is 885. The van der Waals surface area contributed by atoms with E-state index in [2.05, 4.69) is 17.9 Å². The van der Waals surface area contributed by atoms with E-state index in [1.807, 2.05) is 25.1 Å². The molecule has 5 heteroatoms. The number of carbonyl (C=O) groups excluding carboxylic acids is 1. The van der Waals surface area contributed by atoms with E-state index in [9.17, 15) is 9.90 Å². The van der Waals surface area contributed by atoms with Crippen LogP contribution in [0.15, 0.2) is 42.5 Å². The first-order valence-corrected chi connectivity index (χ1v) is 10.6. The second-order valence-electron chi connectivity index (χ2n) is 7.68. The average molecular weight is 410 g/mol. The summed E-state index contributed by atoms with van der Waals surface area (Å²) < 4.78 is 11.5. The van der Waals surface area contributed by atoms with E-state index in [1.165, 1.54) is 6.08 Å². The normalized spacial score (nSPS) is 14.9. The Kier molecular flexibility index (Phi) is 8.05. The first-order chi connectivity index (χ1) is 14.6. The molecule has 2 aromatic carbocycles. The molecule has 0 radical (unpaired) electrons. The van der Waals surface area contributed by atoms with E-state index in [0.717, 1.165) is 68.1 Å². The number of morpholine rings is 1. The lowest BCUT2D eigenvalue weighted by molar-refractivity contribution is 0.0338. The van der Waals surface area contributed by atoms with E-state index < -0.39 is 0 Å². The first kappa shape index (κ1) is 22.1. The molecule has 0 aliphatic carbocycles. The number of benzene rings is 2. The van der Waals surface area contributed by atoms with Crippen molar-refractivity contribution in [2.45, 2.75) is 33.2 Å². The minimum Gasteiger partial charge on any atom is -0.507 e. The predicted octanol–water partition coefficient (Wildman–Crippen LogP) is 4.61. The summed E-state index contributed by atoms with van der Waals surface area (Å²) in [7, 11) is 0. The monoisotopic (exact) mass is 409 g/mol. The van der Waals surface area contributed by atoms with Crippen LogP contribution in [0.4, 0.5) is 0 Å². The number of nitrogens with zero attached hydrogens (tertiary/aromatic N) is 1. The Hall–Kier alpha value is -2.63. The van der Waals surface area contributed by atoms with E-state index in [0.29, 0.717) is 12.2 Å². The quantitative estimate of drug-likeness (QED) is 0.372. The highest BCUT2D eigenvalue weighted by molar-refractivity contribution is 6.08. The molecule has 1 heterocycles. The number of hydrogen-bond acceptors (Lipinski definition) is 5. The van der Waals surface area contributed by atoms with Crippen molar-refractivity contribution in [1.29, 1.82) is 0 Å². The van der Waals surface area contributed by atoms with Gasteiger partial charge in [-0.15, -0.1) is 0 Å². The van der Waals surface area contributed by atoms with Crippen molar-refractivity contribution in [3.05, 3.63) is 64.7 Å². The van der Waals surface area contributed by atoms with E-state index in [1.54, 1.807) is 18.2 Å². The fourth-order valence-corrected chi connectivity index (χ4v) is 3.38. The van der Waals surface area contributed by atoms with Crippen LogP contribution in [0.5, 0.6) is 11.5 Å². The van der Waals surface area contributed by atoms with Crippen molar-refractivity contribution in [2.24, 2.45) is 0 Å². The number of phenols is 1. The molecule has 0 saturated carbocycles. The lowest BCUT2D eigenvalue weighted by atomic mass is 10.0. The molecule has 0 atom stereocenters. The molecule has 1 saturated heterocycles. The topological polar surface area (TPSA) is 59.0 Å². The van der Waals surface area contributed by atoms with Gasteiger partial charge in [-0.1, -0.05) is 37.6 Å². The highest BCUT2D eigenvalue weighted by Gasteiger charge is 2.14. The third kappa shape index (κ3) is 6.18. The summed E-state index contributed by atoms with van der Waals surface area (Å²) in [5.41, 5.74) is 3.26. The van der Waals surface area contributed by atoms with E-state index in [-0.39, 0.29) is 11.5 Å². The zero-order valence-electron chi connectivity index (χ0n) is 17.9. The molecule has 3 rings (SSSR count). The number of ether oxygens (including phenoxy) is 2. The maximum Gasteiger partial charge on any atom is 0.189 e. The molecule has 2 aromatic rings. The molecule has 160 valence electrons. The number of carbonyl (C=O) groups is 1. The van der Waals surface area contributed by atoms with Crippen LogP contribution in [0.3, 0.4) is 0 Å². The number of phenolic OH excluding ortho intramolecular Hbond substituents is 1. The third-order valence-corrected chi connectivity index (χ3v) is 5.19. The number of aryl methyl sites for hydroxylation is 1. The minimum absolute atomic E-state index is 0.00842. The van der Waals surface area contributed by atoms with Crippen molar-refractivity contribution in [1.82, 2.24) is 4.90 Å². The summed E-state index contributed by atoms with van der Waals surface area (Å²) in [6.45, 7) is 8.89. The molecular formula is C25H31NO4. The van der Waals surface area contributed by atoms with Crippen LogP contribution in [0.25, 0.3) is 6.08 Å². The van der Waals surface area contributed by atoms with Gasteiger partial charge in [-0.3, -0.25) is 9.69 Å². The highest BCUT2D eigenvalue weighted by Crippen LogP contribution is 2.25. The zero-order chi connectivity index (χ0) is 21.3. The second kappa shape index (κ2) is 11.0. The molecule has 1 fully saturated rings. The summed E-state index contributed by atoms with van der Waals surface area (Å²) >= 11 is 0. The smallest absolute Gasteiger partial charge is 0.189 e. The van der Waals surface area contributed by atoms with Crippen LogP contribution in [-0.4, -0.2) is 48.7 Å². The molecule has 0 unspecified atom stereocenters. The lowest BCUT2D eigenvalue weighted by Crippen LogP contribution is -2.35. The second-order valence-corrected chi connectivity index (χ2v) is 7.68. The molecule has 1 aliphatic heterocycles. The van der Waals surface area contributed by atoms with Crippen LogP contribution in [-0.2, 0) is 11.3 Å². The molecule has 0 bridgehead atoms. The van der Waals surface area contributed by atoms with Crippen LogP contribution in [0.1, 0.15) is 46.8 Å². The van der Waals surface area contributed by atoms with Gasteiger partial charge in [-0.25, -0.2) is 0 Å². The summed E-state index contributed by atoms with van der Waals surface area (Å²) in [6, 6.07) is 11.1. The van der Waals surface area contributed by atoms with Crippen LogP contribution >= 0.6 is 0 Å². The van der Waals surface area contributed by atoms with Gasteiger partial charge in [0.05, 0.1) is 25.4 Å². The first-order valence-electron chi connectivity index (χ1n) is 10.6. The van der Waals surface area contributed by atoms with Crippen molar-refractivity contribution >= 4 is 11.9 Å². The lowest BCUT2D eigenvalue weighted by Gasteiger charge is -2.27. The third-order valence-electron chi connectivity index (χ3n) is 5.19. The number of rotatable bonds is 9. The van der Waals surface area contributed by atoms with Gasteiger partial charge in [0.15, 0.2) is 5.78 Å². The Morgan fingerprint density at radius 1 is 1.20 bits per heavy atom. The van der Waals surface area contributed by atoms with E-state index in [4.69, 9.17) is 9.47 Å². The van der Waals surface area contributed by atoms with Crippen molar-refractivity contribution in [3.8, 4) is 11.5 Å². The summed E-state index contributed by atoms with van der Waals surface area (Å²) in [5.74, 6) is 0.648. The number of ketones is 1. The van der Waals surface area contributed by atoms with Crippen molar-refractivity contribution in [2.75, 3.05) is 32.9 Å². The molecule has 1 aliphatic rings. The van der Waals surface area contributed by atoms with Gasteiger partial charge in [-0.2, -0.15) is 0 Å². The highest BCUT2D eigenvalue weighted by atomic mass is 16.5. The van der Waals surface area contributed by atoms with Gasteiger partial charge in [0, 0.05) is 25.2 Å². The van der Waals surface area contributed by atoms with E-state index >= 15 is 0 Å². The van der Waals surface area contributed by atoms with Gasteiger partial charge in [0.1, 0.15) is 11.5 Å². The summed E-state index contributed by atoms with van der Waals surface area (Å²) in [6.07, 6.45) is 5.35. The van der Waals surface area contributed by atoms with Gasteiger partial charge in [0.25, 0.3) is 0 Å². The average Bonchev–Trinajstić information content (AvgIpc) is 2.74. The Morgan fingerprint density at radius 3 is 2.73 bits per heavy atom. The minimum atomic E-state index is -0.224. The zero-order valence-corrected chi connectivity index (χ0v) is 17.9. The van der Waals surface area contributed by atoms with Crippen LogP contribution < -0.4 is 4.74 Å². The van der Waals surface area contributed by atoms with Crippen molar-refractivity contribution < 1.29 is 19.4 Å². The van der Waals surface area contributed by atoms with Crippen LogP contribution in [0, 0.1) is 6.92 Å². The summed E-state index contributed by atoms with van der Waals surface area (Å²) in [5, 5.41) is 10.0. The molecule has 5 nitrogen and oxygen atoms in total. The number of aromatic hydroxyl groups is 1. The standard InChI is InChI=1S/C25H31NO4/c1-3-4-13-30-25-17-20(6-8-21(25)18-26-11-14-29-15-12-26)7-10-23(27)22-9-5-19(2)16-24(22)28/h5-10,16-17,28H,3-4,11-15,18H2,1-2H3/b10-7+. The van der Waals surface area contributed by atoms with Crippen molar-refractivity contribution in [3.63, 3.8) is 0 Å². The van der Waals surface area contributed by atoms with Gasteiger partial charge in [-0.05, 0) is 48.7 Å². The Morgan fingerprint density at radius 2 is 2.00 bits per heavy atom. The van der Waals surface area contributed by atoms with Gasteiger partial charge < -0.3 is 14.6 Å². The molecule has 0 spiro atoms. The van der Waals surface area contributed by atoms with Gasteiger partial charge >= 0.3 is 0 Å². The van der Waals surface area contributed by atoms with Gasteiger partial charge in [0.2, 0.25) is 0 Å². The maximum atomic E-state index is 12.5. The predicted molar refractivity (Wildman–Crippen MR) is 119 cm³/mol. The summed E-state index contributed by atoms with van der Waals surface area (Å²) in [4.78, 5) is 14.8. The Balaban J connectivity index is 1.75. The molecule has 0 amide bonds. The number of allylic oxidation sites excluding steroid dienone is 1.